The molecule has 2 rings (SSSR count). The first-order valence-electron chi connectivity index (χ1n) is 7.58. The van der Waals surface area contributed by atoms with Gasteiger partial charge in [-0.25, -0.2) is 0 Å². The molecule has 2 nitrogen and oxygen atoms in total. The molecule has 2 atom stereocenters. The number of rotatable bonds is 6. The van der Waals surface area contributed by atoms with Crippen LogP contribution in [0.1, 0.15) is 35.7 Å². The lowest BCUT2D eigenvalue weighted by molar-refractivity contribution is 0.325. The number of hydrogen-bond donors (Lipinski definition) is 1. The molecular weight excluding hydrogens is 256 g/mol. The van der Waals surface area contributed by atoms with Crippen molar-refractivity contribution in [1.82, 2.24) is 10.2 Å². The van der Waals surface area contributed by atoms with E-state index in [9.17, 15) is 0 Å². The van der Waals surface area contributed by atoms with E-state index in [1.165, 1.54) is 16.7 Å². The Kier molecular flexibility index (Phi) is 5.54. The van der Waals surface area contributed by atoms with Gasteiger partial charge in [-0.3, -0.25) is 0 Å². The molecule has 112 valence electrons. The van der Waals surface area contributed by atoms with Crippen molar-refractivity contribution in [2.24, 2.45) is 0 Å². The topological polar surface area (TPSA) is 15.3 Å². The minimum Gasteiger partial charge on any atom is -0.308 e. The van der Waals surface area contributed by atoms with Gasteiger partial charge in [0.2, 0.25) is 0 Å². The van der Waals surface area contributed by atoms with Crippen LogP contribution in [0.25, 0.3) is 0 Å². The molecule has 2 aromatic rings. The second kappa shape index (κ2) is 7.39. The number of benzene rings is 2. The summed E-state index contributed by atoms with van der Waals surface area (Å²) in [5.41, 5.74) is 3.99. The van der Waals surface area contributed by atoms with Gasteiger partial charge in [-0.05, 0) is 39.1 Å². The highest BCUT2D eigenvalue weighted by Gasteiger charge is 2.16. The third-order valence-corrected chi connectivity index (χ3v) is 3.74. The lowest BCUT2D eigenvalue weighted by Crippen LogP contribution is -2.32. The SMILES string of the molecule is Cc1cccc(C(C)NC(CN(C)C)c2ccccc2)c1. The van der Waals surface area contributed by atoms with Crippen LogP contribution in [0.3, 0.4) is 0 Å². The van der Waals surface area contributed by atoms with Gasteiger partial charge >= 0.3 is 0 Å². The quantitative estimate of drug-likeness (QED) is 0.863. The summed E-state index contributed by atoms with van der Waals surface area (Å²) >= 11 is 0. The number of hydrogen-bond acceptors (Lipinski definition) is 2. The zero-order valence-electron chi connectivity index (χ0n) is 13.5. The van der Waals surface area contributed by atoms with Crippen molar-refractivity contribution in [2.45, 2.75) is 25.9 Å². The van der Waals surface area contributed by atoms with Gasteiger partial charge in [-0.1, -0.05) is 60.2 Å². The van der Waals surface area contributed by atoms with Gasteiger partial charge in [0.05, 0.1) is 0 Å². The maximum Gasteiger partial charge on any atom is 0.0453 e. The Morgan fingerprint density at radius 1 is 0.952 bits per heavy atom. The van der Waals surface area contributed by atoms with E-state index in [2.05, 4.69) is 92.8 Å². The molecule has 0 bridgehead atoms. The Bertz CT molecular complexity index is 549. The number of likely N-dealkylation sites (N-methyl/N-ethyl adjacent to an activating group) is 1. The summed E-state index contributed by atoms with van der Waals surface area (Å²) in [7, 11) is 4.24. The Hall–Kier alpha value is -1.64. The Labute approximate surface area is 128 Å². The minimum atomic E-state index is 0.329. The van der Waals surface area contributed by atoms with Crippen LogP contribution in [-0.4, -0.2) is 25.5 Å². The van der Waals surface area contributed by atoms with Crippen molar-refractivity contribution >= 4 is 0 Å². The highest BCUT2D eigenvalue weighted by Crippen LogP contribution is 2.20. The highest BCUT2D eigenvalue weighted by molar-refractivity contribution is 5.26. The Morgan fingerprint density at radius 3 is 2.24 bits per heavy atom. The summed E-state index contributed by atoms with van der Waals surface area (Å²) in [5.74, 6) is 0. The largest absolute Gasteiger partial charge is 0.308 e. The lowest BCUT2D eigenvalue weighted by atomic mass is 10.0. The van der Waals surface area contributed by atoms with Crippen LogP contribution in [0.2, 0.25) is 0 Å². The molecule has 21 heavy (non-hydrogen) atoms. The van der Waals surface area contributed by atoms with E-state index in [-0.39, 0.29) is 0 Å². The standard InChI is InChI=1S/C19H26N2/c1-15-9-8-12-18(13-15)16(2)20-19(14-21(3)4)17-10-6-5-7-11-17/h5-13,16,19-20H,14H2,1-4H3. The maximum absolute atomic E-state index is 3.77. The smallest absolute Gasteiger partial charge is 0.0453 e. The van der Waals surface area contributed by atoms with Crippen molar-refractivity contribution < 1.29 is 0 Å². The minimum absolute atomic E-state index is 0.329. The molecule has 1 N–H and O–H groups in total. The molecule has 0 aliphatic carbocycles. The summed E-state index contributed by atoms with van der Waals surface area (Å²) < 4.78 is 0. The summed E-state index contributed by atoms with van der Waals surface area (Å²) in [6, 6.07) is 20.1. The monoisotopic (exact) mass is 282 g/mol. The van der Waals surface area contributed by atoms with Gasteiger partial charge in [-0.2, -0.15) is 0 Å². The average Bonchev–Trinajstić information content (AvgIpc) is 2.47. The van der Waals surface area contributed by atoms with Crippen LogP contribution in [0.15, 0.2) is 54.6 Å². The van der Waals surface area contributed by atoms with Gasteiger partial charge in [-0.15, -0.1) is 0 Å². The Morgan fingerprint density at radius 2 is 1.62 bits per heavy atom. The van der Waals surface area contributed by atoms with Crippen molar-refractivity contribution in [3.63, 3.8) is 0 Å². The number of aryl methyl sites for hydroxylation is 1. The van der Waals surface area contributed by atoms with Crippen LogP contribution < -0.4 is 5.32 Å². The fourth-order valence-electron chi connectivity index (χ4n) is 2.64. The summed E-state index contributed by atoms with van der Waals surface area (Å²) in [6.45, 7) is 5.37. The maximum atomic E-state index is 3.77. The molecule has 0 amide bonds. The van der Waals surface area contributed by atoms with E-state index < -0.39 is 0 Å². The van der Waals surface area contributed by atoms with E-state index in [0.717, 1.165) is 6.54 Å². The molecule has 0 aliphatic rings. The molecule has 2 aromatic carbocycles. The third kappa shape index (κ3) is 4.69. The normalized spacial score (nSPS) is 14.1. The molecule has 0 heterocycles. The summed E-state index contributed by atoms with van der Waals surface area (Å²) in [6.07, 6.45) is 0. The highest BCUT2D eigenvalue weighted by atomic mass is 15.1. The van der Waals surface area contributed by atoms with Gasteiger partial charge in [0.1, 0.15) is 0 Å². The molecular formula is C19H26N2. The van der Waals surface area contributed by atoms with Crippen molar-refractivity contribution in [1.29, 1.82) is 0 Å². The molecule has 0 saturated carbocycles. The van der Waals surface area contributed by atoms with E-state index in [4.69, 9.17) is 0 Å². The number of nitrogens with one attached hydrogen (secondary N) is 1. The fourth-order valence-corrected chi connectivity index (χ4v) is 2.64. The third-order valence-electron chi connectivity index (χ3n) is 3.74. The molecule has 0 aromatic heterocycles. The van der Waals surface area contributed by atoms with Crippen LogP contribution in [-0.2, 0) is 0 Å². The van der Waals surface area contributed by atoms with E-state index >= 15 is 0 Å². The zero-order valence-corrected chi connectivity index (χ0v) is 13.5. The van der Waals surface area contributed by atoms with E-state index in [1.807, 2.05) is 0 Å². The van der Waals surface area contributed by atoms with Crippen LogP contribution in [0.5, 0.6) is 0 Å². The predicted molar refractivity (Wildman–Crippen MR) is 90.5 cm³/mol. The molecule has 2 unspecified atom stereocenters. The predicted octanol–water partition coefficient (Wildman–Crippen LogP) is 3.95. The van der Waals surface area contributed by atoms with Crippen LogP contribution in [0, 0.1) is 6.92 Å². The van der Waals surface area contributed by atoms with E-state index in [0.29, 0.717) is 12.1 Å². The van der Waals surface area contributed by atoms with Crippen molar-refractivity contribution in [3.05, 3.63) is 71.3 Å². The van der Waals surface area contributed by atoms with E-state index in [1.54, 1.807) is 0 Å². The second-order valence-corrected chi connectivity index (χ2v) is 6.03. The van der Waals surface area contributed by atoms with Gasteiger partial charge in [0.15, 0.2) is 0 Å². The van der Waals surface area contributed by atoms with Crippen LogP contribution >= 0.6 is 0 Å². The summed E-state index contributed by atoms with van der Waals surface area (Å²) in [4.78, 5) is 2.23. The molecule has 0 saturated heterocycles. The zero-order chi connectivity index (χ0) is 15.2. The molecule has 2 heteroatoms. The van der Waals surface area contributed by atoms with Gasteiger partial charge < -0.3 is 10.2 Å². The van der Waals surface area contributed by atoms with Crippen molar-refractivity contribution in [3.8, 4) is 0 Å². The van der Waals surface area contributed by atoms with Crippen LogP contribution in [0.4, 0.5) is 0 Å². The van der Waals surface area contributed by atoms with Gasteiger partial charge in [0, 0.05) is 18.6 Å². The first-order valence-corrected chi connectivity index (χ1v) is 7.58. The van der Waals surface area contributed by atoms with Gasteiger partial charge in [0.25, 0.3) is 0 Å². The lowest BCUT2D eigenvalue weighted by Gasteiger charge is -2.27. The first kappa shape index (κ1) is 15.7. The number of nitrogens with zero attached hydrogens (tertiary/aromatic N) is 1. The Balaban J connectivity index is 2.15. The van der Waals surface area contributed by atoms with Crippen molar-refractivity contribution in [2.75, 3.05) is 20.6 Å². The molecule has 0 aliphatic heterocycles. The molecule has 0 spiro atoms. The summed E-state index contributed by atoms with van der Waals surface area (Å²) in [5, 5.41) is 3.77. The second-order valence-electron chi connectivity index (χ2n) is 6.03. The molecule has 0 radical (unpaired) electrons. The average molecular weight is 282 g/mol. The fraction of sp³-hybridized carbons (Fsp3) is 0.368. The molecule has 0 fully saturated rings. The first-order chi connectivity index (χ1) is 10.1.